The van der Waals surface area contributed by atoms with Crippen molar-refractivity contribution in [3.8, 4) is 23.0 Å². The van der Waals surface area contributed by atoms with E-state index in [2.05, 4.69) is 0 Å². The van der Waals surface area contributed by atoms with Crippen LogP contribution in [-0.4, -0.2) is 84.6 Å². The van der Waals surface area contributed by atoms with Crippen LogP contribution in [0.5, 0.6) is 23.0 Å². The number of benzene rings is 2. The van der Waals surface area contributed by atoms with Gasteiger partial charge in [-0.2, -0.15) is 0 Å². The lowest BCUT2D eigenvalue weighted by Gasteiger charge is -2.23. The molecule has 244 valence electrons. The molecule has 2 aromatic carbocycles. The van der Waals surface area contributed by atoms with Gasteiger partial charge in [-0.25, -0.2) is 0 Å². The number of unbranched alkanes of at least 4 members (excludes halogenated alkanes) is 2. The van der Waals surface area contributed by atoms with Crippen molar-refractivity contribution < 1.29 is 38.7 Å². The van der Waals surface area contributed by atoms with Gasteiger partial charge in [-0.05, 0) is 58.1 Å². The van der Waals surface area contributed by atoms with Crippen LogP contribution in [0, 0.1) is 0 Å². The second-order valence-electron chi connectivity index (χ2n) is 11.4. The highest BCUT2D eigenvalue weighted by molar-refractivity contribution is 6.01. The molecule has 2 aliphatic rings. The number of aliphatic hydroxyl groups is 2. The monoisotopic (exact) mass is 624 g/mol. The normalized spacial score (nSPS) is 17.6. The summed E-state index contributed by atoms with van der Waals surface area (Å²) in [5.74, 6) is 1.06. The van der Waals surface area contributed by atoms with Gasteiger partial charge in [-0.1, -0.05) is 11.1 Å². The van der Waals surface area contributed by atoms with Gasteiger partial charge >= 0.3 is 0 Å². The number of hydrogen-bond acceptors (Lipinski definition) is 10. The molecule has 12 heteroatoms. The van der Waals surface area contributed by atoms with Crippen molar-refractivity contribution in [3.05, 3.63) is 58.9 Å². The molecule has 0 radical (unpaired) electrons. The fourth-order valence-corrected chi connectivity index (χ4v) is 5.57. The Balaban J connectivity index is 1.27. The predicted molar refractivity (Wildman–Crippen MR) is 170 cm³/mol. The molecule has 2 aliphatic heterocycles. The lowest BCUT2D eigenvalue weighted by molar-refractivity contribution is 0.0726. The summed E-state index contributed by atoms with van der Waals surface area (Å²) >= 11 is 0. The number of ether oxygens (including phenoxy) is 4. The first-order valence-electron chi connectivity index (χ1n) is 15.0. The summed E-state index contributed by atoms with van der Waals surface area (Å²) in [5.41, 5.74) is 15.6. The van der Waals surface area contributed by atoms with E-state index in [9.17, 15) is 19.8 Å². The molecule has 0 saturated carbocycles. The Bertz CT molecular complexity index is 1350. The van der Waals surface area contributed by atoms with Crippen LogP contribution in [0.2, 0.25) is 0 Å². The average Bonchev–Trinajstić information content (AvgIpc) is 3.61. The van der Waals surface area contributed by atoms with Crippen molar-refractivity contribution in [1.82, 2.24) is 9.80 Å². The van der Waals surface area contributed by atoms with Crippen molar-refractivity contribution in [3.63, 3.8) is 0 Å². The Kier molecular flexibility index (Phi) is 11.2. The van der Waals surface area contributed by atoms with E-state index in [-0.39, 0.29) is 59.6 Å². The fraction of sp³-hybridized carbons (Fsp3) is 0.455. The Morgan fingerprint density at radius 1 is 0.711 bits per heavy atom. The molecule has 4 rings (SSSR count). The molecule has 2 unspecified atom stereocenters. The molecule has 0 saturated heterocycles. The van der Waals surface area contributed by atoms with E-state index >= 15 is 0 Å². The zero-order chi connectivity index (χ0) is 32.7. The van der Waals surface area contributed by atoms with Crippen molar-refractivity contribution in [2.24, 2.45) is 0 Å². The van der Waals surface area contributed by atoms with Gasteiger partial charge in [0.1, 0.15) is 0 Å². The van der Waals surface area contributed by atoms with E-state index in [0.29, 0.717) is 49.1 Å². The average molecular weight is 625 g/mol. The molecule has 0 bridgehead atoms. The quantitative estimate of drug-likeness (QED) is 0.179. The third-order valence-corrected chi connectivity index (χ3v) is 7.95. The summed E-state index contributed by atoms with van der Waals surface area (Å²) in [6.45, 7) is 4.35. The van der Waals surface area contributed by atoms with Gasteiger partial charge in [0.15, 0.2) is 23.0 Å². The number of carbonyl (C=O) groups excluding carboxylic acids is 2. The number of nitrogens with zero attached hydrogens (tertiary/aromatic N) is 2. The molecule has 12 nitrogen and oxygen atoms in total. The van der Waals surface area contributed by atoms with E-state index in [1.807, 2.05) is 13.8 Å². The van der Waals surface area contributed by atoms with Crippen molar-refractivity contribution in [2.45, 2.75) is 58.0 Å². The van der Waals surface area contributed by atoms with Crippen LogP contribution >= 0.6 is 0 Å². The summed E-state index contributed by atoms with van der Waals surface area (Å²) in [6.07, 6.45) is 6.97. The first-order chi connectivity index (χ1) is 21.6. The molecular weight excluding hydrogens is 580 g/mol. The number of nitrogen functional groups attached to an aromatic ring is 2. The topological polar surface area (TPSA) is 170 Å². The fourth-order valence-electron chi connectivity index (χ4n) is 5.57. The number of anilines is 2. The van der Waals surface area contributed by atoms with E-state index in [1.165, 1.54) is 24.0 Å². The lowest BCUT2D eigenvalue weighted by Crippen LogP contribution is -2.35. The van der Waals surface area contributed by atoms with Crippen LogP contribution in [0.3, 0.4) is 0 Å². The van der Waals surface area contributed by atoms with Gasteiger partial charge in [-0.3, -0.25) is 9.59 Å². The van der Waals surface area contributed by atoms with Gasteiger partial charge in [0.05, 0.1) is 63.9 Å². The Labute approximate surface area is 263 Å². The zero-order valence-corrected chi connectivity index (χ0v) is 26.4. The number of amides is 2. The number of rotatable bonds is 14. The summed E-state index contributed by atoms with van der Waals surface area (Å²) in [5, 5.41) is 19.3. The van der Waals surface area contributed by atoms with E-state index < -0.39 is 0 Å². The first kappa shape index (κ1) is 33.5. The molecule has 45 heavy (non-hydrogen) atoms. The second-order valence-corrected chi connectivity index (χ2v) is 11.4. The molecular formula is C33H44N4O8. The van der Waals surface area contributed by atoms with Crippen LogP contribution in [0.15, 0.2) is 47.8 Å². The molecule has 2 aromatic rings. The first-order valence-corrected chi connectivity index (χ1v) is 15.0. The smallest absolute Gasteiger partial charge is 0.260 e. The largest absolute Gasteiger partial charge is 0.493 e. The maximum atomic E-state index is 13.2. The highest BCUT2D eigenvalue weighted by Gasteiger charge is 2.31. The van der Waals surface area contributed by atoms with E-state index in [4.69, 9.17) is 30.4 Å². The summed E-state index contributed by atoms with van der Waals surface area (Å²) in [6, 6.07) is 5.70. The van der Waals surface area contributed by atoms with Crippen LogP contribution in [0.25, 0.3) is 0 Å². The standard InChI is InChI=1S/C33H44N4O8/c1-20-10-22(18-38)36(16-20)32(40)24-12-28(42-3)30(14-26(24)34)44-8-6-5-7-9-45-31-15-27(35)25(13-29(31)43-4)33(41)37-17-21(2)11-23(37)19-39/h12-17,22-23,38-39H,5-11,18-19,34-35H2,1-4H3. The molecule has 2 atom stereocenters. The number of hydrogen-bond donors (Lipinski definition) is 4. The molecule has 0 spiro atoms. The Hall–Kier alpha value is -4.42. The van der Waals surface area contributed by atoms with Crippen molar-refractivity contribution in [1.29, 1.82) is 0 Å². The SMILES string of the molecule is COc1cc(C(=O)N2C=C(C)CC2CO)c(N)cc1OCCCCCOc1cc(N)c(C(=O)N2C=C(C)CC2CO)cc1OC. The molecule has 0 aliphatic carbocycles. The van der Waals surface area contributed by atoms with E-state index in [1.54, 1.807) is 36.7 Å². The van der Waals surface area contributed by atoms with Gasteiger partial charge in [-0.15, -0.1) is 0 Å². The molecule has 2 amide bonds. The van der Waals surface area contributed by atoms with Crippen LogP contribution < -0.4 is 30.4 Å². The maximum Gasteiger partial charge on any atom is 0.260 e. The van der Waals surface area contributed by atoms with Crippen LogP contribution in [-0.2, 0) is 0 Å². The number of nitrogens with two attached hydrogens (primary N) is 2. The van der Waals surface area contributed by atoms with E-state index in [0.717, 1.165) is 30.4 Å². The molecule has 2 heterocycles. The van der Waals surface area contributed by atoms with Crippen molar-refractivity contribution >= 4 is 23.2 Å². The number of methoxy groups -OCH3 is 2. The van der Waals surface area contributed by atoms with Gasteiger partial charge in [0, 0.05) is 35.9 Å². The summed E-state index contributed by atoms with van der Waals surface area (Å²) in [4.78, 5) is 29.3. The minimum absolute atomic E-state index is 0.138. The minimum atomic E-state index is -0.313. The minimum Gasteiger partial charge on any atom is -0.493 e. The molecule has 0 fully saturated rings. The zero-order valence-electron chi connectivity index (χ0n) is 26.4. The highest BCUT2D eigenvalue weighted by Crippen LogP contribution is 2.36. The van der Waals surface area contributed by atoms with Crippen LogP contribution in [0.1, 0.15) is 66.7 Å². The molecule has 6 N–H and O–H groups in total. The van der Waals surface area contributed by atoms with Gasteiger partial charge < -0.3 is 50.4 Å². The van der Waals surface area contributed by atoms with Crippen molar-refractivity contribution in [2.75, 3.05) is 52.1 Å². The van der Waals surface area contributed by atoms with Gasteiger partial charge in [0.2, 0.25) is 0 Å². The number of aliphatic hydroxyl groups excluding tert-OH is 2. The molecule has 0 aromatic heterocycles. The second kappa shape index (κ2) is 15.0. The van der Waals surface area contributed by atoms with Gasteiger partial charge in [0.25, 0.3) is 11.8 Å². The third-order valence-electron chi connectivity index (χ3n) is 7.95. The van der Waals surface area contributed by atoms with Crippen LogP contribution in [0.4, 0.5) is 11.4 Å². The maximum absolute atomic E-state index is 13.2. The predicted octanol–water partition coefficient (Wildman–Crippen LogP) is 3.72. The summed E-state index contributed by atoms with van der Waals surface area (Å²) in [7, 11) is 3.00. The highest BCUT2D eigenvalue weighted by atomic mass is 16.5. The lowest BCUT2D eigenvalue weighted by atomic mass is 10.1. The number of carbonyl (C=O) groups is 2. The Morgan fingerprint density at radius 3 is 1.47 bits per heavy atom. The Morgan fingerprint density at radius 2 is 1.11 bits per heavy atom. The summed E-state index contributed by atoms with van der Waals surface area (Å²) < 4.78 is 22.8. The third kappa shape index (κ3) is 7.63.